The van der Waals surface area contributed by atoms with E-state index >= 15 is 0 Å². The molecule has 0 radical (unpaired) electrons. The van der Waals surface area contributed by atoms with Gasteiger partial charge in [-0.05, 0) is 74.1 Å². The number of nitrogens with zero attached hydrogens (tertiary/aromatic N) is 3. The van der Waals surface area contributed by atoms with Crippen LogP contribution in [0.15, 0.2) is 65.9 Å². The molecule has 1 aliphatic rings. The number of benzene rings is 2. The van der Waals surface area contributed by atoms with Crippen LogP contribution in [-0.4, -0.2) is 48.8 Å². The first-order valence-corrected chi connectivity index (χ1v) is 15.7. The highest BCUT2D eigenvalue weighted by molar-refractivity contribution is 7.89. The third-order valence-corrected chi connectivity index (χ3v) is 9.31. The Morgan fingerprint density at radius 1 is 1.20 bits per heavy atom. The second-order valence-electron chi connectivity index (χ2n) is 10.4. The number of anilines is 1. The number of rotatable bonds is 10. The van der Waals surface area contributed by atoms with Crippen LogP contribution < -0.4 is 20.5 Å². The summed E-state index contributed by atoms with van der Waals surface area (Å²) in [5.41, 5.74) is 12.5. The third-order valence-electron chi connectivity index (χ3n) is 7.35. The van der Waals surface area contributed by atoms with Gasteiger partial charge < -0.3 is 15.8 Å². The number of halogens is 1. The molecule has 0 spiro atoms. The van der Waals surface area contributed by atoms with E-state index < -0.39 is 10.0 Å². The molecule has 9 nitrogen and oxygen atoms in total. The van der Waals surface area contributed by atoms with Gasteiger partial charge in [0.25, 0.3) is 0 Å². The number of para-hydroxylation sites is 1. The van der Waals surface area contributed by atoms with Crippen molar-refractivity contribution in [2.75, 3.05) is 18.2 Å². The van der Waals surface area contributed by atoms with Crippen molar-refractivity contribution in [3.63, 3.8) is 0 Å². The van der Waals surface area contributed by atoms with E-state index in [1.54, 1.807) is 25.4 Å². The molecule has 1 fully saturated rings. The van der Waals surface area contributed by atoms with E-state index in [-0.39, 0.29) is 23.7 Å². The van der Waals surface area contributed by atoms with Gasteiger partial charge in [-0.25, -0.2) is 22.6 Å². The molecule has 1 aliphatic carbocycles. The van der Waals surface area contributed by atoms with Crippen LogP contribution in [0.2, 0.25) is 5.02 Å². The van der Waals surface area contributed by atoms with Crippen LogP contribution in [0.4, 0.5) is 11.4 Å². The zero-order valence-corrected chi connectivity index (χ0v) is 25.0. The molecule has 2 aromatic carbocycles. The van der Waals surface area contributed by atoms with Crippen molar-refractivity contribution in [2.45, 2.75) is 51.6 Å². The number of methoxy groups -OCH3 is 1. The predicted molar refractivity (Wildman–Crippen MR) is 166 cm³/mol. The SMILES string of the molecule is CCCS(=O)(=O)N[C@H]1CC[C@@H](Nc2c(/C(N)=N/c3ccccc3Cl)cnn3cc(-c4ccc(OC)cc4C)cc23)C1. The van der Waals surface area contributed by atoms with E-state index in [1.807, 2.05) is 54.9 Å². The number of aromatic nitrogens is 2. The minimum absolute atomic E-state index is 0.0310. The molecule has 41 heavy (non-hydrogen) atoms. The van der Waals surface area contributed by atoms with Crippen LogP contribution in [0.1, 0.15) is 43.7 Å². The van der Waals surface area contributed by atoms with E-state index in [9.17, 15) is 8.42 Å². The summed E-state index contributed by atoms with van der Waals surface area (Å²) in [6.07, 6.45) is 6.47. The molecule has 2 aromatic heterocycles. The van der Waals surface area contributed by atoms with Gasteiger partial charge in [-0.2, -0.15) is 5.10 Å². The summed E-state index contributed by atoms with van der Waals surface area (Å²) in [4.78, 5) is 4.62. The summed E-state index contributed by atoms with van der Waals surface area (Å²) in [6, 6.07) is 15.2. The number of fused-ring (bicyclic) bond motifs is 1. The van der Waals surface area contributed by atoms with Crippen LogP contribution in [0.3, 0.4) is 0 Å². The number of hydrogen-bond donors (Lipinski definition) is 3. The molecule has 2 atom stereocenters. The van der Waals surface area contributed by atoms with Crippen molar-refractivity contribution in [1.82, 2.24) is 14.3 Å². The molecular weight excluding hydrogens is 560 g/mol. The molecule has 0 saturated heterocycles. The smallest absolute Gasteiger partial charge is 0.211 e. The molecule has 5 rings (SSSR count). The maximum Gasteiger partial charge on any atom is 0.211 e. The molecule has 0 aliphatic heterocycles. The van der Waals surface area contributed by atoms with Crippen molar-refractivity contribution in [1.29, 1.82) is 0 Å². The Labute approximate surface area is 245 Å². The normalized spacial score (nSPS) is 17.7. The first kappa shape index (κ1) is 28.9. The fourth-order valence-corrected chi connectivity index (χ4v) is 6.93. The van der Waals surface area contributed by atoms with Gasteiger partial charge in [0, 0.05) is 23.8 Å². The Morgan fingerprint density at radius 3 is 2.71 bits per heavy atom. The Morgan fingerprint density at radius 2 is 1.98 bits per heavy atom. The number of hydrogen-bond acceptors (Lipinski definition) is 6. The molecule has 216 valence electrons. The van der Waals surface area contributed by atoms with Gasteiger partial charge in [-0.15, -0.1) is 0 Å². The van der Waals surface area contributed by atoms with Gasteiger partial charge in [-0.3, -0.25) is 0 Å². The van der Waals surface area contributed by atoms with Gasteiger partial charge in [0.2, 0.25) is 10.0 Å². The minimum Gasteiger partial charge on any atom is -0.497 e. The summed E-state index contributed by atoms with van der Waals surface area (Å²) in [7, 11) is -1.64. The quantitative estimate of drug-likeness (QED) is 0.161. The van der Waals surface area contributed by atoms with E-state index in [1.165, 1.54) is 0 Å². The first-order valence-electron chi connectivity index (χ1n) is 13.7. The molecule has 2 heterocycles. The number of sulfonamides is 1. The van der Waals surface area contributed by atoms with Crippen LogP contribution >= 0.6 is 11.6 Å². The average molecular weight is 595 g/mol. The Kier molecular flexibility index (Phi) is 8.53. The lowest BCUT2D eigenvalue weighted by Crippen LogP contribution is -2.35. The summed E-state index contributed by atoms with van der Waals surface area (Å²) in [6.45, 7) is 3.91. The minimum atomic E-state index is -3.30. The van der Waals surface area contributed by atoms with Gasteiger partial charge >= 0.3 is 0 Å². The molecule has 11 heteroatoms. The lowest BCUT2D eigenvalue weighted by Gasteiger charge is -2.19. The van der Waals surface area contributed by atoms with Crippen LogP contribution in [0.5, 0.6) is 5.75 Å². The monoisotopic (exact) mass is 594 g/mol. The van der Waals surface area contributed by atoms with Crippen molar-refractivity contribution in [3.05, 3.63) is 77.1 Å². The number of amidine groups is 1. The zero-order valence-electron chi connectivity index (χ0n) is 23.4. The maximum atomic E-state index is 12.4. The average Bonchev–Trinajstić information content (AvgIpc) is 3.56. The number of aliphatic imine (C=N–C) groups is 1. The van der Waals surface area contributed by atoms with E-state index in [0.29, 0.717) is 29.1 Å². The number of nitrogens with two attached hydrogens (primary N) is 1. The highest BCUT2D eigenvalue weighted by Gasteiger charge is 2.29. The van der Waals surface area contributed by atoms with Crippen LogP contribution in [0, 0.1) is 6.92 Å². The van der Waals surface area contributed by atoms with Gasteiger partial charge in [0.15, 0.2) is 0 Å². The van der Waals surface area contributed by atoms with Crippen molar-refractivity contribution in [3.8, 4) is 16.9 Å². The van der Waals surface area contributed by atoms with Gasteiger partial charge in [0.05, 0.1) is 46.5 Å². The first-order chi connectivity index (χ1) is 19.7. The standard InChI is InChI=1S/C30H35ClN6O3S/c1-4-13-41(38,39)36-22-10-9-21(16-22)34-29-25(30(32)35-27-8-6-5-7-26(27)31)17-33-37-18-20(15-28(29)37)24-12-11-23(40-3)14-19(24)2/h5-8,11-12,14-15,17-18,21-22,34,36H,4,9-10,13,16H2,1-3H3,(H2,32,35)/t21-,22+/m1/s1. The Balaban J connectivity index is 1.54. The van der Waals surface area contributed by atoms with E-state index in [4.69, 9.17) is 22.1 Å². The molecule has 4 N–H and O–H groups in total. The predicted octanol–water partition coefficient (Wildman–Crippen LogP) is 5.67. The summed E-state index contributed by atoms with van der Waals surface area (Å²) in [5.74, 6) is 1.20. The largest absolute Gasteiger partial charge is 0.497 e. The third kappa shape index (κ3) is 6.50. The highest BCUT2D eigenvalue weighted by atomic mass is 35.5. The van der Waals surface area contributed by atoms with Crippen LogP contribution in [-0.2, 0) is 10.0 Å². The van der Waals surface area contributed by atoms with E-state index in [0.717, 1.165) is 46.5 Å². The number of aryl methyl sites for hydroxylation is 1. The van der Waals surface area contributed by atoms with Crippen molar-refractivity contribution < 1.29 is 13.2 Å². The Hall–Kier alpha value is -3.60. The van der Waals surface area contributed by atoms with Crippen molar-refractivity contribution in [2.24, 2.45) is 10.7 Å². The van der Waals surface area contributed by atoms with Gasteiger partial charge in [0.1, 0.15) is 11.6 Å². The zero-order chi connectivity index (χ0) is 29.1. The number of ether oxygens (including phenoxy) is 1. The molecule has 0 bridgehead atoms. The number of nitrogens with one attached hydrogen (secondary N) is 2. The van der Waals surface area contributed by atoms with E-state index in [2.05, 4.69) is 26.2 Å². The molecule has 0 unspecified atom stereocenters. The lowest BCUT2D eigenvalue weighted by molar-refractivity contribution is 0.414. The fraction of sp³-hybridized carbons (Fsp3) is 0.333. The fourth-order valence-electron chi connectivity index (χ4n) is 5.37. The molecular formula is C30H35ClN6O3S. The molecule has 0 amide bonds. The summed E-state index contributed by atoms with van der Waals surface area (Å²) >= 11 is 6.36. The lowest BCUT2D eigenvalue weighted by atomic mass is 10.0. The topological polar surface area (TPSA) is 123 Å². The molecule has 1 saturated carbocycles. The molecule has 4 aromatic rings. The maximum absolute atomic E-state index is 12.4. The second-order valence-corrected chi connectivity index (χ2v) is 12.7. The van der Waals surface area contributed by atoms with Crippen molar-refractivity contribution >= 4 is 44.4 Å². The summed E-state index contributed by atoms with van der Waals surface area (Å²) < 4.78 is 34.8. The summed E-state index contributed by atoms with van der Waals surface area (Å²) in [5, 5.41) is 8.83. The van der Waals surface area contributed by atoms with Crippen LogP contribution in [0.25, 0.3) is 16.6 Å². The Bertz CT molecular complexity index is 1700. The second kappa shape index (κ2) is 12.1. The van der Waals surface area contributed by atoms with Gasteiger partial charge in [-0.1, -0.05) is 36.7 Å². The highest BCUT2D eigenvalue weighted by Crippen LogP contribution is 2.34.